The van der Waals surface area contributed by atoms with Crippen LogP contribution < -0.4 is 19.1 Å². The molecule has 0 aliphatic carbocycles. The van der Waals surface area contributed by atoms with Crippen molar-refractivity contribution in [3.63, 3.8) is 0 Å². The Labute approximate surface area is 195 Å². The van der Waals surface area contributed by atoms with E-state index in [-0.39, 0.29) is 5.91 Å². The standard InChI is InChI=1S/C26H31N3O4/c1-31-23-9-5-4-8-21(23)28-14-16-29(17-15-28)26(30)11-10-20-18-24(32-2)25(33-3)19-22(20)27-12-6-7-13-27/h4-9,12-13,18-19H,10-11,14-17H2,1-3H3. The third kappa shape index (κ3) is 4.92. The molecule has 0 radical (unpaired) electrons. The molecule has 0 saturated carbocycles. The zero-order valence-corrected chi connectivity index (χ0v) is 19.5. The Morgan fingerprint density at radius 2 is 1.42 bits per heavy atom. The molecule has 7 nitrogen and oxygen atoms in total. The first-order valence-electron chi connectivity index (χ1n) is 11.2. The van der Waals surface area contributed by atoms with Gasteiger partial charge in [-0.15, -0.1) is 0 Å². The molecule has 1 aliphatic heterocycles. The number of para-hydroxylation sites is 2. The summed E-state index contributed by atoms with van der Waals surface area (Å²) < 4.78 is 18.5. The number of carbonyl (C=O) groups excluding carboxylic acids is 1. The van der Waals surface area contributed by atoms with E-state index in [1.165, 1.54) is 0 Å². The molecule has 1 amide bonds. The van der Waals surface area contributed by atoms with Crippen LogP contribution in [-0.4, -0.2) is 62.9 Å². The predicted octanol–water partition coefficient (Wildman–Crippen LogP) is 3.78. The molecule has 1 fully saturated rings. The average Bonchev–Trinajstić information content (AvgIpc) is 3.41. The lowest BCUT2D eigenvalue weighted by molar-refractivity contribution is -0.131. The molecule has 0 bridgehead atoms. The molecule has 1 aliphatic rings. The first-order valence-corrected chi connectivity index (χ1v) is 11.2. The summed E-state index contributed by atoms with van der Waals surface area (Å²) in [6, 6.07) is 15.9. The highest BCUT2D eigenvalue weighted by Crippen LogP contribution is 2.33. The number of hydrogen-bond acceptors (Lipinski definition) is 5. The zero-order chi connectivity index (χ0) is 23.2. The summed E-state index contributed by atoms with van der Waals surface area (Å²) in [4.78, 5) is 17.3. The summed E-state index contributed by atoms with van der Waals surface area (Å²) in [5, 5.41) is 0. The van der Waals surface area contributed by atoms with Gasteiger partial charge in [0.15, 0.2) is 11.5 Å². The molecular formula is C26H31N3O4. The third-order valence-electron chi connectivity index (χ3n) is 6.13. The molecule has 0 atom stereocenters. The van der Waals surface area contributed by atoms with Crippen molar-refractivity contribution in [2.45, 2.75) is 12.8 Å². The monoisotopic (exact) mass is 449 g/mol. The topological polar surface area (TPSA) is 56.2 Å². The highest BCUT2D eigenvalue weighted by molar-refractivity contribution is 5.77. The molecule has 0 unspecified atom stereocenters. The normalized spacial score (nSPS) is 13.7. The Morgan fingerprint density at radius 1 is 0.788 bits per heavy atom. The van der Waals surface area contributed by atoms with Gasteiger partial charge in [-0.05, 0) is 42.3 Å². The number of carbonyl (C=O) groups is 1. The molecule has 7 heteroatoms. The van der Waals surface area contributed by atoms with Crippen molar-refractivity contribution < 1.29 is 19.0 Å². The maximum atomic E-state index is 13.0. The van der Waals surface area contributed by atoms with Crippen LogP contribution in [0.1, 0.15) is 12.0 Å². The molecular weight excluding hydrogens is 418 g/mol. The van der Waals surface area contributed by atoms with Gasteiger partial charge in [0.1, 0.15) is 5.75 Å². The minimum absolute atomic E-state index is 0.169. The fraction of sp³-hybridized carbons (Fsp3) is 0.346. The quantitative estimate of drug-likeness (QED) is 0.524. The minimum Gasteiger partial charge on any atom is -0.495 e. The van der Waals surface area contributed by atoms with E-state index in [1.807, 2.05) is 64.3 Å². The van der Waals surface area contributed by atoms with Gasteiger partial charge in [-0.3, -0.25) is 4.79 Å². The Kier molecular flexibility index (Phi) is 7.07. The van der Waals surface area contributed by atoms with Gasteiger partial charge in [0.05, 0.1) is 32.7 Å². The lowest BCUT2D eigenvalue weighted by Gasteiger charge is -2.36. The van der Waals surface area contributed by atoms with Crippen LogP contribution in [0.5, 0.6) is 17.2 Å². The zero-order valence-electron chi connectivity index (χ0n) is 19.5. The second-order valence-corrected chi connectivity index (χ2v) is 7.97. The van der Waals surface area contributed by atoms with Crippen molar-refractivity contribution in [1.29, 1.82) is 0 Å². The number of aromatic nitrogens is 1. The van der Waals surface area contributed by atoms with Crippen molar-refractivity contribution in [2.24, 2.45) is 0 Å². The van der Waals surface area contributed by atoms with Crippen LogP contribution in [0.15, 0.2) is 60.9 Å². The summed E-state index contributed by atoms with van der Waals surface area (Å²) in [5.74, 6) is 2.37. The van der Waals surface area contributed by atoms with Crippen LogP contribution >= 0.6 is 0 Å². The van der Waals surface area contributed by atoms with Gasteiger partial charge in [0.2, 0.25) is 5.91 Å². The van der Waals surface area contributed by atoms with E-state index in [0.29, 0.717) is 37.4 Å². The Morgan fingerprint density at radius 3 is 2.09 bits per heavy atom. The van der Waals surface area contributed by atoms with Gasteiger partial charge in [-0.25, -0.2) is 0 Å². The largest absolute Gasteiger partial charge is 0.495 e. The van der Waals surface area contributed by atoms with Crippen LogP contribution in [0.4, 0.5) is 5.69 Å². The van der Waals surface area contributed by atoms with Crippen molar-refractivity contribution in [1.82, 2.24) is 9.47 Å². The lowest BCUT2D eigenvalue weighted by Crippen LogP contribution is -2.49. The fourth-order valence-electron chi connectivity index (χ4n) is 4.33. The van der Waals surface area contributed by atoms with Crippen molar-refractivity contribution in [3.05, 3.63) is 66.5 Å². The fourth-order valence-corrected chi connectivity index (χ4v) is 4.33. The molecule has 2 heterocycles. The number of aryl methyl sites for hydroxylation is 1. The molecule has 3 aromatic rings. The second kappa shape index (κ2) is 10.3. The molecule has 4 rings (SSSR count). The summed E-state index contributed by atoms with van der Waals surface area (Å²) in [5.41, 5.74) is 3.12. The maximum Gasteiger partial charge on any atom is 0.223 e. The number of nitrogens with zero attached hydrogens (tertiary/aromatic N) is 3. The molecule has 1 saturated heterocycles. The van der Waals surface area contributed by atoms with Crippen LogP contribution in [0.25, 0.3) is 5.69 Å². The number of methoxy groups -OCH3 is 3. The van der Waals surface area contributed by atoms with Crippen molar-refractivity contribution in [3.8, 4) is 22.9 Å². The number of piperazine rings is 1. The summed E-state index contributed by atoms with van der Waals surface area (Å²) >= 11 is 0. The Balaban J connectivity index is 1.42. The van der Waals surface area contributed by atoms with E-state index in [1.54, 1.807) is 21.3 Å². The number of benzene rings is 2. The highest BCUT2D eigenvalue weighted by Gasteiger charge is 2.23. The summed E-state index contributed by atoms with van der Waals surface area (Å²) in [6.07, 6.45) is 5.05. The van der Waals surface area contributed by atoms with Gasteiger partial charge < -0.3 is 28.6 Å². The van der Waals surface area contributed by atoms with Gasteiger partial charge in [-0.2, -0.15) is 0 Å². The van der Waals surface area contributed by atoms with Gasteiger partial charge in [0.25, 0.3) is 0 Å². The summed E-state index contributed by atoms with van der Waals surface area (Å²) in [7, 11) is 4.95. The first kappa shape index (κ1) is 22.6. The molecule has 0 N–H and O–H groups in total. The molecule has 2 aromatic carbocycles. The van der Waals surface area contributed by atoms with Gasteiger partial charge in [-0.1, -0.05) is 12.1 Å². The second-order valence-electron chi connectivity index (χ2n) is 7.97. The minimum atomic E-state index is 0.169. The number of rotatable bonds is 8. The van der Waals surface area contributed by atoms with Crippen LogP contribution in [0, 0.1) is 0 Å². The Hall–Kier alpha value is -3.61. The predicted molar refractivity (Wildman–Crippen MR) is 129 cm³/mol. The number of hydrogen-bond donors (Lipinski definition) is 0. The molecule has 174 valence electrons. The lowest BCUT2D eigenvalue weighted by atomic mass is 10.0. The maximum absolute atomic E-state index is 13.0. The van der Waals surface area contributed by atoms with E-state index in [4.69, 9.17) is 14.2 Å². The van der Waals surface area contributed by atoms with Crippen LogP contribution in [0.3, 0.4) is 0 Å². The van der Waals surface area contributed by atoms with Crippen molar-refractivity contribution >= 4 is 11.6 Å². The van der Waals surface area contributed by atoms with E-state index < -0.39 is 0 Å². The average molecular weight is 450 g/mol. The summed E-state index contributed by atoms with van der Waals surface area (Å²) in [6.45, 7) is 2.98. The van der Waals surface area contributed by atoms with E-state index >= 15 is 0 Å². The smallest absolute Gasteiger partial charge is 0.223 e. The van der Waals surface area contributed by atoms with Gasteiger partial charge >= 0.3 is 0 Å². The van der Waals surface area contributed by atoms with E-state index in [9.17, 15) is 4.79 Å². The molecule has 1 aromatic heterocycles. The highest BCUT2D eigenvalue weighted by atomic mass is 16.5. The van der Waals surface area contributed by atoms with E-state index in [0.717, 1.165) is 35.8 Å². The van der Waals surface area contributed by atoms with Gasteiger partial charge in [0, 0.05) is 51.1 Å². The SMILES string of the molecule is COc1cc(CCC(=O)N2CCN(c3ccccc3OC)CC2)c(-n2cccc2)cc1OC. The first-order chi connectivity index (χ1) is 16.1. The molecule has 0 spiro atoms. The van der Waals surface area contributed by atoms with Crippen LogP contribution in [0.2, 0.25) is 0 Å². The number of amides is 1. The molecule has 33 heavy (non-hydrogen) atoms. The Bertz CT molecular complexity index is 1070. The van der Waals surface area contributed by atoms with Crippen LogP contribution in [-0.2, 0) is 11.2 Å². The van der Waals surface area contributed by atoms with Crippen molar-refractivity contribution in [2.75, 3.05) is 52.4 Å². The number of ether oxygens (including phenoxy) is 3. The third-order valence-corrected chi connectivity index (χ3v) is 6.13. The number of anilines is 1. The van der Waals surface area contributed by atoms with E-state index in [2.05, 4.69) is 11.0 Å².